The summed E-state index contributed by atoms with van der Waals surface area (Å²) in [5.74, 6) is -0.519. The van der Waals surface area contributed by atoms with Gasteiger partial charge < -0.3 is 10.2 Å². The molecule has 3 atom stereocenters. The third-order valence-corrected chi connectivity index (χ3v) is 2.92. The number of aliphatic hydroxyl groups excluding tert-OH is 1. The molecule has 0 aliphatic heterocycles. The van der Waals surface area contributed by atoms with E-state index in [0.29, 0.717) is 5.92 Å². The second-order valence-electron chi connectivity index (χ2n) is 3.41. The van der Waals surface area contributed by atoms with Crippen LogP contribution in [0.5, 0.6) is 0 Å². The zero-order valence-electron chi connectivity index (χ0n) is 5.58. The minimum Gasteiger partial charge on any atom is -0.481 e. The lowest BCUT2D eigenvalue weighted by atomic mass is 10.2. The Kier molecular flexibility index (Phi) is 0.944. The predicted octanol–water partition coefficient (Wildman–Crippen LogP) is 0.0895. The summed E-state index contributed by atoms with van der Waals surface area (Å²) in [6, 6.07) is 0. The zero-order chi connectivity index (χ0) is 7.35. The minimum absolute atomic E-state index is 0.0561. The van der Waals surface area contributed by atoms with Crippen molar-refractivity contribution in [1.29, 1.82) is 0 Å². The average Bonchev–Trinajstić information content (AvgIpc) is 2.73. The summed E-state index contributed by atoms with van der Waals surface area (Å²) in [4.78, 5) is 10.4. The quantitative estimate of drug-likeness (QED) is 0.574. The van der Waals surface area contributed by atoms with Crippen molar-refractivity contribution in [3.05, 3.63) is 0 Å². The first kappa shape index (κ1) is 6.16. The third-order valence-electron chi connectivity index (χ3n) is 2.92. The second-order valence-corrected chi connectivity index (χ2v) is 3.41. The fourth-order valence-electron chi connectivity index (χ4n) is 1.98. The highest BCUT2D eigenvalue weighted by atomic mass is 16.4. The molecular formula is C7H10O3. The molecule has 56 valence electrons. The molecule has 2 saturated carbocycles. The molecule has 10 heavy (non-hydrogen) atoms. The normalized spacial score (nSPS) is 49.3. The average molecular weight is 142 g/mol. The first-order chi connectivity index (χ1) is 4.70. The summed E-state index contributed by atoms with van der Waals surface area (Å²) in [5.41, 5.74) is 0.0561. The van der Waals surface area contributed by atoms with Crippen LogP contribution in [0, 0.1) is 17.3 Å². The van der Waals surface area contributed by atoms with E-state index in [2.05, 4.69) is 0 Å². The maximum Gasteiger partial charge on any atom is 0.307 e. The van der Waals surface area contributed by atoms with E-state index >= 15 is 0 Å². The Balaban J connectivity index is 1.97. The molecule has 0 aromatic heterocycles. The van der Waals surface area contributed by atoms with Crippen molar-refractivity contribution in [3.63, 3.8) is 0 Å². The number of carbonyl (C=O) groups is 1. The molecule has 0 aromatic carbocycles. The van der Waals surface area contributed by atoms with Crippen LogP contribution in [0.1, 0.15) is 12.8 Å². The molecule has 2 aliphatic rings. The van der Waals surface area contributed by atoms with Gasteiger partial charge in [0.25, 0.3) is 0 Å². The maximum absolute atomic E-state index is 10.4. The molecule has 3 nitrogen and oxygen atoms in total. The summed E-state index contributed by atoms with van der Waals surface area (Å²) in [5, 5.41) is 17.2. The number of aliphatic hydroxyl groups is 1. The van der Waals surface area contributed by atoms with Crippen LogP contribution in [0.2, 0.25) is 0 Å². The largest absolute Gasteiger partial charge is 0.481 e. The summed E-state index contributed by atoms with van der Waals surface area (Å²) < 4.78 is 0. The number of hydrogen-bond acceptors (Lipinski definition) is 2. The van der Waals surface area contributed by atoms with Crippen molar-refractivity contribution in [3.8, 4) is 0 Å². The number of hydrogen-bond donors (Lipinski definition) is 2. The number of carboxylic acid groups (broad SMARTS) is 1. The zero-order valence-corrected chi connectivity index (χ0v) is 5.58. The Hall–Kier alpha value is -0.570. The third kappa shape index (κ3) is 0.560. The summed E-state index contributed by atoms with van der Waals surface area (Å²) in [7, 11) is 0. The lowest BCUT2D eigenvalue weighted by Gasteiger charge is -1.88. The van der Waals surface area contributed by atoms with Gasteiger partial charge in [-0.3, -0.25) is 4.79 Å². The van der Waals surface area contributed by atoms with E-state index in [4.69, 9.17) is 10.2 Å². The highest BCUT2D eigenvalue weighted by Gasteiger charge is 2.72. The van der Waals surface area contributed by atoms with Crippen molar-refractivity contribution in [2.75, 3.05) is 6.61 Å². The van der Waals surface area contributed by atoms with Crippen LogP contribution in [0.4, 0.5) is 0 Å². The van der Waals surface area contributed by atoms with Gasteiger partial charge in [0.2, 0.25) is 0 Å². The van der Waals surface area contributed by atoms with Gasteiger partial charge in [0.05, 0.1) is 5.92 Å². The Morgan fingerprint density at radius 2 is 2.30 bits per heavy atom. The molecule has 3 heteroatoms. The van der Waals surface area contributed by atoms with Gasteiger partial charge in [0.1, 0.15) is 0 Å². The Morgan fingerprint density at radius 1 is 1.60 bits per heavy atom. The minimum atomic E-state index is -0.684. The lowest BCUT2D eigenvalue weighted by molar-refractivity contribution is -0.139. The van der Waals surface area contributed by atoms with E-state index < -0.39 is 5.97 Å². The molecule has 1 spiro atoms. The standard InChI is InChI=1S/C7H10O3/c8-3-4-1-7(4)2-5(7)6(9)10/h4-5,8H,1-3H2,(H,9,10)/t4?,5-,7+/m0/s1. The molecule has 0 aromatic rings. The first-order valence-corrected chi connectivity index (χ1v) is 3.54. The van der Waals surface area contributed by atoms with E-state index in [1.165, 1.54) is 0 Å². The van der Waals surface area contributed by atoms with E-state index in [1.54, 1.807) is 0 Å². The SMILES string of the molecule is O=C(O)[C@@H]1C[C@@]12CC2CO. The molecule has 1 unspecified atom stereocenters. The van der Waals surface area contributed by atoms with Crippen LogP contribution in [0.3, 0.4) is 0 Å². The van der Waals surface area contributed by atoms with Crippen molar-refractivity contribution in [2.24, 2.45) is 17.3 Å². The van der Waals surface area contributed by atoms with Gasteiger partial charge >= 0.3 is 5.97 Å². The molecule has 0 radical (unpaired) electrons. The first-order valence-electron chi connectivity index (χ1n) is 3.54. The lowest BCUT2D eigenvalue weighted by Crippen LogP contribution is -2.01. The van der Waals surface area contributed by atoms with Crippen LogP contribution in [-0.4, -0.2) is 22.8 Å². The topological polar surface area (TPSA) is 57.5 Å². The number of aliphatic carboxylic acids is 1. The van der Waals surface area contributed by atoms with Crippen molar-refractivity contribution >= 4 is 5.97 Å². The highest BCUT2D eigenvalue weighted by molar-refractivity contribution is 5.76. The van der Waals surface area contributed by atoms with Gasteiger partial charge in [-0.1, -0.05) is 0 Å². The van der Waals surface area contributed by atoms with E-state index in [9.17, 15) is 4.79 Å². The van der Waals surface area contributed by atoms with Crippen LogP contribution in [0.15, 0.2) is 0 Å². The second kappa shape index (κ2) is 1.53. The number of rotatable bonds is 2. The smallest absolute Gasteiger partial charge is 0.307 e. The highest BCUT2D eigenvalue weighted by Crippen LogP contribution is 2.74. The van der Waals surface area contributed by atoms with Crippen molar-refractivity contribution in [2.45, 2.75) is 12.8 Å². The van der Waals surface area contributed by atoms with Crippen LogP contribution in [0.25, 0.3) is 0 Å². The summed E-state index contributed by atoms with van der Waals surface area (Å²) in [6.45, 7) is 0.170. The predicted molar refractivity (Wildman–Crippen MR) is 33.4 cm³/mol. The van der Waals surface area contributed by atoms with Gasteiger partial charge in [-0.2, -0.15) is 0 Å². The monoisotopic (exact) mass is 142 g/mol. The number of carboxylic acids is 1. The molecule has 0 heterocycles. The Morgan fingerprint density at radius 3 is 2.60 bits per heavy atom. The molecule has 2 N–H and O–H groups in total. The molecule has 0 saturated heterocycles. The van der Waals surface area contributed by atoms with Gasteiger partial charge in [0.15, 0.2) is 0 Å². The van der Waals surface area contributed by atoms with Crippen molar-refractivity contribution in [1.82, 2.24) is 0 Å². The molecule has 2 aliphatic carbocycles. The summed E-state index contributed by atoms with van der Waals surface area (Å²) in [6.07, 6.45) is 1.73. The van der Waals surface area contributed by atoms with Crippen LogP contribution < -0.4 is 0 Å². The van der Waals surface area contributed by atoms with Gasteiger partial charge in [-0.25, -0.2) is 0 Å². The Labute approximate surface area is 58.7 Å². The molecule has 2 rings (SSSR count). The van der Waals surface area contributed by atoms with Crippen LogP contribution in [-0.2, 0) is 4.79 Å². The van der Waals surface area contributed by atoms with E-state index in [0.717, 1.165) is 12.8 Å². The van der Waals surface area contributed by atoms with E-state index in [-0.39, 0.29) is 17.9 Å². The fraction of sp³-hybridized carbons (Fsp3) is 0.857. The molecule has 0 bridgehead atoms. The van der Waals surface area contributed by atoms with Crippen molar-refractivity contribution < 1.29 is 15.0 Å². The van der Waals surface area contributed by atoms with Gasteiger partial charge in [0, 0.05) is 6.61 Å². The van der Waals surface area contributed by atoms with E-state index in [1.807, 2.05) is 0 Å². The van der Waals surface area contributed by atoms with Gasteiger partial charge in [-0.05, 0) is 24.2 Å². The summed E-state index contributed by atoms with van der Waals surface area (Å²) >= 11 is 0. The molecule has 0 amide bonds. The maximum atomic E-state index is 10.4. The Bertz CT molecular complexity index is 189. The molecule has 2 fully saturated rings. The van der Waals surface area contributed by atoms with Gasteiger partial charge in [-0.15, -0.1) is 0 Å². The molecular weight excluding hydrogens is 132 g/mol. The fourth-order valence-corrected chi connectivity index (χ4v) is 1.98. The van der Waals surface area contributed by atoms with Crippen LogP contribution >= 0.6 is 0 Å².